The van der Waals surface area contributed by atoms with Crippen LogP contribution in [0.15, 0.2) is 24.3 Å². The van der Waals surface area contributed by atoms with Gasteiger partial charge < -0.3 is 14.5 Å². The molecule has 0 spiro atoms. The molecule has 5 heteroatoms. The number of hydrogen-bond donors (Lipinski definition) is 0. The van der Waals surface area contributed by atoms with Crippen molar-refractivity contribution < 1.29 is 14.3 Å². The normalized spacial score (nSPS) is 15.6. The lowest BCUT2D eigenvalue weighted by molar-refractivity contribution is 0.0757. The van der Waals surface area contributed by atoms with Crippen LogP contribution in [-0.2, 0) is 4.74 Å². The van der Waals surface area contributed by atoms with Crippen LogP contribution in [-0.4, -0.2) is 55.1 Å². The van der Waals surface area contributed by atoms with E-state index in [9.17, 15) is 9.59 Å². The van der Waals surface area contributed by atoms with E-state index >= 15 is 0 Å². The lowest BCUT2D eigenvalue weighted by atomic mass is 10.0. The van der Waals surface area contributed by atoms with E-state index in [1.165, 1.54) is 12.7 Å². The van der Waals surface area contributed by atoms with Gasteiger partial charge in [-0.15, -0.1) is 0 Å². The summed E-state index contributed by atoms with van der Waals surface area (Å²) >= 11 is 0. The van der Waals surface area contributed by atoms with Crippen LogP contribution < -0.4 is 0 Å². The first-order chi connectivity index (χ1) is 10.5. The molecular formula is C17H24N2O3. The highest BCUT2D eigenvalue weighted by Crippen LogP contribution is 2.16. The molecule has 1 saturated heterocycles. The average molecular weight is 304 g/mol. The summed E-state index contributed by atoms with van der Waals surface area (Å²) in [7, 11) is 1.38. The zero-order chi connectivity index (χ0) is 16.1. The van der Waals surface area contributed by atoms with Crippen LogP contribution in [0, 0.1) is 0 Å². The molecule has 2 amide bonds. The number of hydrogen-bond acceptors (Lipinski definition) is 3. The molecule has 120 valence electrons. The number of carbonyl (C=O) groups excluding carboxylic acids is 2. The molecule has 2 rings (SSSR count). The van der Waals surface area contributed by atoms with Gasteiger partial charge >= 0.3 is 6.09 Å². The highest BCUT2D eigenvalue weighted by molar-refractivity contribution is 5.94. The second kappa shape index (κ2) is 7.29. The quantitative estimate of drug-likeness (QED) is 0.844. The third-order valence-electron chi connectivity index (χ3n) is 4.04. The number of ether oxygens (including phenoxy) is 1. The fourth-order valence-corrected chi connectivity index (χ4v) is 2.63. The summed E-state index contributed by atoms with van der Waals surface area (Å²) in [6, 6.07) is 7.80. The molecule has 5 nitrogen and oxygen atoms in total. The Balaban J connectivity index is 2.02. The summed E-state index contributed by atoms with van der Waals surface area (Å²) in [5.74, 6) is 0.484. The third kappa shape index (κ3) is 3.78. The minimum absolute atomic E-state index is 0.0296. The number of benzene rings is 1. The van der Waals surface area contributed by atoms with Gasteiger partial charge in [-0.3, -0.25) is 4.79 Å². The number of methoxy groups -OCH3 is 1. The zero-order valence-corrected chi connectivity index (χ0v) is 13.5. The van der Waals surface area contributed by atoms with E-state index in [-0.39, 0.29) is 12.0 Å². The van der Waals surface area contributed by atoms with Gasteiger partial charge in [-0.05, 0) is 30.0 Å². The van der Waals surface area contributed by atoms with Crippen LogP contribution in [0.5, 0.6) is 0 Å². The minimum atomic E-state index is -0.324. The van der Waals surface area contributed by atoms with Gasteiger partial charge in [0, 0.05) is 31.7 Å². The van der Waals surface area contributed by atoms with Crippen molar-refractivity contribution >= 4 is 12.0 Å². The Bertz CT molecular complexity index is 525. The second-order valence-electron chi connectivity index (χ2n) is 5.88. The van der Waals surface area contributed by atoms with E-state index < -0.39 is 0 Å². The van der Waals surface area contributed by atoms with E-state index in [4.69, 9.17) is 4.74 Å². The summed E-state index contributed by atoms with van der Waals surface area (Å²) in [4.78, 5) is 27.6. The van der Waals surface area contributed by atoms with Gasteiger partial charge in [0.1, 0.15) is 0 Å². The molecule has 0 aliphatic carbocycles. The Labute approximate surface area is 131 Å². The molecule has 22 heavy (non-hydrogen) atoms. The van der Waals surface area contributed by atoms with Crippen LogP contribution in [0.3, 0.4) is 0 Å². The second-order valence-corrected chi connectivity index (χ2v) is 5.88. The Morgan fingerprint density at radius 1 is 1.00 bits per heavy atom. The van der Waals surface area contributed by atoms with Crippen LogP contribution >= 0.6 is 0 Å². The SMILES string of the molecule is COC(=O)N1CCCN(C(=O)c2ccc(C(C)C)cc2)CC1. The van der Waals surface area contributed by atoms with Crippen LogP contribution in [0.1, 0.15) is 42.1 Å². The van der Waals surface area contributed by atoms with E-state index in [2.05, 4.69) is 13.8 Å². The van der Waals surface area contributed by atoms with Crippen molar-refractivity contribution in [3.05, 3.63) is 35.4 Å². The molecule has 0 N–H and O–H groups in total. The van der Waals surface area contributed by atoms with Crippen molar-refractivity contribution in [3.63, 3.8) is 0 Å². The Hall–Kier alpha value is -2.04. The number of rotatable bonds is 2. The van der Waals surface area contributed by atoms with Gasteiger partial charge in [-0.25, -0.2) is 4.79 Å². The summed E-state index contributed by atoms with van der Waals surface area (Å²) in [5.41, 5.74) is 1.93. The topological polar surface area (TPSA) is 49.9 Å². The number of amides is 2. The van der Waals surface area contributed by atoms with E-state index in [0.717, 1.165) is 6.42 Å². The first-order valence-corrected chi connectivity index (χ1v) is 7.75. The molecule has 0 aromatic heterocycles. The summed E-state index contributed by atoms with van der Waals surface area (Å²) in [6.45, 7) is 6.61. The van der Waals surface area contributed by atoms with E-state index in [1.807, 2.05) is 29.2 Å². The number of carbonyl (C=O) groups is 2. The predicted octanol–water partition coefficient (Wildman–Crippen LogP) is 2.72. The molecule has 0 unspecified atom stereocenters. The fourth-order valence-electron chi connectivity index (χ4n) is 2.63. The maximum atomic E-state index is 12.6. The van der Waals surface area contributed by atoms with Crippen molar-refractivity contribution in [2.75, 3.05) is 33.3 Å². The zero-order valence-electron chi connectivity index (χ0n) is 13.5. The molecule has 1 heterocycles. The molecule has 1 fully saturated rings. The summed E-state index contributed by atoms with van der Waals surface area (Å²) < 4.78 is 4.74. The molecular weight excluding hydrogens is 280 g/mol. The van der Waals surface area contributed by atoms with Gasteiger partial charge in [-0.1, -0.05) is 26.0 Å². The van der Waals surface area contributed by atoms with Gasteiger partial charge in [0.2, 0.25) is 0 Å². The smallest absolute Gasteiger partial charge is 0.409 e. The Morgan fingerprint density at radius 3 is 2.18 bits per heavy atom. The van der Waals surface area contributed by atoms with Crippen molar-refractivity contribution in [2.24, 2.45) is 0 Å². The van der Waals surface area contributed by atoms with Gasteiger partial charge in [0.05, 0.1) is 7.11 Å². The monoisotopic (exact) mass is 304 g/mol. The lowest BCUT2D eigenvalue weighted by Gasteiger charge is -2.21. The van der Waals surface area contributed by atoms with Crippen molar-refractivity contribution in [3.8, 4) is 0 Å². The number of nitrogens with zero attached hydrogens (tertiary/aromatic N) is 2. The molecule has 1 aromatic rings. The summed E-state index contributed by atoms with van der Waals surface area (Å²) in [6.07, 6.45) is 0.445. The molecule has 1 aromatic carbocycles. The standard InChI is InChI=1S/C17H24N2O3/c1-13(2)14-5-7-15(8-6-14)16(20)18-9-4-10-19(12-11-18)17(21)22-3/h5-8,13H,4,9-12H2,1-3H3. The maximum absolute atomic E-state index is 12.6. The molecule has 0 atom stereocenters. The predicted molar refractivity (Wildman–Crippen MR) is 85.0 cm³/mol. The first kappa shape index (κ1) is 16.3. The molecule has 1 aliphatic heterocycles. The van der Waals surface area contributed by atoms with Crippen molar-refractivity contribution in [1.29, 1.82) is 0 Å². The summed E-state index contributed by atoms with van der Waals surface area (Å²) in [5, 5.41) is 0. The van der Waals surface area contributed by atoms with Gasteiger partial charge in [0.25, 0.3) is 5.91 Å². The fraction of sp³-hybridized carbons (Fsp3) is 0.529. The molecule has 0 saturated carbocycles. The van der Waals surface area contributed by atoms with Crippen molar-refractivity contribution in [2.45, 2.75) is 26.2 Å². The van der Waals surface area contributed by atoms with Crippen LogP contribution in [0.25, 0.3) is 0 Å². The van der Waals surface area contributed by atoms with E-state index in [1.54, 1.807) is 4.90 Å². The van der Waals surface area contributed by atoms with E-state index in [0.29, 0.717) is 37.7 Å². The van der Waals surface area contributed by atoms with Gasteiger partial charge in [0.15, 0.2) is 0 Å². The molecule has 0 radical (unpaired) electrons. The minimum Gasteiger partial charge on any atom is -0.453 e. The highest BCUT2D eigenvalue weighted by Gasteiger charge is 2.23. The Kier molecular flexibility index (Phi) is 5.41. The van der Waals surface area contributed by atoms with Crippen LogP contribution in [0.4, 0.5) is 4.79 Å². The largest absolute Gasteiger partial charge is 0.453 e. The molecule has 0 bridgehead atoms. The van der Waals surface area contributed by atoms with Gasteiger partial charge in [-0.2, -0.15) is 0 Å². The highest BCUT2D eigenvalue weighted by atomic mass is 16.5. The Morgan fingerprint density at radius 2 is 1.59 bits per heavy atom. The average Bonchev–Trinajstić information content (AvgIpc) is 2.79. The maximum Gasteiger partial charge on any atom is 0.409 e. The molecule has 1 aliphatic rings. The van der Waals surface area contributed by atoms with Crippen LogP contribution in [0.2, 0.25) is 0 Å². The third-order valence-corrected chi connectivity index (χ3v) is 4.04. The lowest BCUT2D eigenvalue weighted by Crippen LogP contribution is -2.37. The van der Waals surface area contributed by atoms with Crippen molar-refractivity contribution in [1.82, 2.24) is 9.80 Å². The first-order valence-electron chi connectivity index (χ1n) is 7.75.